The van der Waals surface area contributed by atoms with Gasteiger partial charge in [-0.25, -0.2) is 0 Å². The van der Waals surface area contributed by atoms with E-state index in [0.717, 1.165) is 31.2 Å². The molecule has 0 unspecified atom stereocenters. The molecule has 2 aromatic rings. The molecule has 0 bridgehead atoms. The van der Waals surface area contributed by atoms with E-state index in [-0.39, 0.29) is 6.10 Å². The molecule has 2 N–H and O–H groups in total. The molecule has 0 saturated heterocycles. The second-order valence-corrected chi connectivity index (χ2v) is 5.93. The molecule has 0 radical (unpaired) electrons. The lowest BCUT2D eigenvalue weighted by Crippen LogP contribution is -2.30. The quantitative estimate of drug-likeness (QED) is 0.868. The molecule has 24 heavy (non-hydrogen) atoms. The monoisotopic (exact) mass is 333 g/mol. The Bertz CT molecular complexity index is 666. The van der Waals surface area contributed by atoms with Gasteiger partial charge in [0.1, 0.15) is 18.1 Å². The minimum absolute atomic E-state index is 0.214. The number of nitrogens with two attached hydrogens (primary N) is 1. The molecule has 7 nitrogen and oxygen atoms in total. The van der Waals surface area contributed by atoms with Crippen molar-refractivity contribution in [2.45, 2.75) is 44.4 Å². The van der Waals surface area contributed by atoms with Gasteiger partial charge in [-0.2, -0.15) is 4.98 Å². The molecule has 0 atom stereocenters. The van der Waals surface area contributed by atoms with E-state index < -0.39 is 0 Å². The summed E-state index contributed by atoms with van der Waals surface area (Å²) in [6.07, 6.45) is 4.17. The van der Waals surface area contributed by atoms with Gasteiger partial charge >= 0.3 is 0 Å². The predicted octanol–water partition coefficient (Wildman–Crippen LogP) is 2.54. The van der Waals surface area contributed by atoms with Gasteiger partial charge in [0.25, 0.3) is 5.89 Å². The number of rotatable bonds is 6. The van der Waals surface area contributed by atoms with E-state index in [1.54, 1.807) is 14.2 Å². The summed E-state index contributed by atoms with van der Waals surface area (Å²) in [5.74, 6) is 2.26. The highest BCUT2D eigenvalue weighted by atomic mass is 16.5. The first-order valence-electron chi connectivity index (χ1n) is 8.11. The van der Waals surface area contributed by atoms with E-state index in [1.165, 1.54) is 0 Å². The van der Waals surface area contributed by atoms with Gasteiger partial charge in [-0.1, -0.05) is 5.16 Å². The fourth-order valence-corrected chi connectivity index (χ4v) is 2.86. The van der Waals surface area contributed by atoms with Gasteiger partial charge in [0, 0.05) is 6.04 Å². The lowest BCUT2D eigenvalue weighted by Gasteiger charge is -2.25. The van der Waals surface area contributed by atoms with Crippen molar-refractivity contribution in [3.05, 3.63) is 24.1 Å². The largest absolute Gasteiger partial charge is 0.497 e. The van der Waals surface area contributed by atoms with Crippen LogP contribution in [-0.2, 0) is 11.3 Å². The number of benzene rings is 1. The second-order valence-electron chi connectivity index (χ2n) is 5.93. The highest BCUT2D eigenvalue weighted by Crippen LogP contribution is 2.31. The summed E-state index contributed by atoms with van der Waals surface area (Å²) >= 11 is 0. The zero-order valence-corrected chi connectivity index (χ0v) is 14.0. The molecule has 0 amide bonds. The van der Waals surface area contributed by atoms with Crippen LogP contribution in [0, 0.1) is 0 Å². The number of hydrogen-bond donors (Lipinski definition) is 1. The van der Waals surface area contributed by atoms with Crippen LogP contribution in [0.5, 0.6) is 11.5 Å². The first-order chi connectivity index (χ1) is 11.7. The predicted molar refractivity (Wildman–Crippen MR) is 87.9 cm³/mol. The summed E-state index contributed by atoms with van der Waals surface area (Å²) in [5, 5.41) is 4.02. The minimum Gasteiger partial charge on any atom is -0.497 e. The molecule has 0 aliphatic heterocycles. The number of methoxy groups -OCH3 is 2. The van der Waals surface area contributed by atoms with Crippen LogP contribution in [-0.4, -0.2) is 36.5 Å². The average Bonchev–Trinajstić information content (AvgIpc) is 3.09. The lowest BCUT2D eigenvalue weighted by atomic mass is 9.94. The third kappa shape index (κ3) is 3.85. The van der Waals surface area contributed by atoms with Gasteiger partial charge in [0.15, 0.2) is 0 Å². The molecule has 1 heterocycles. The second kappa shape index (κ2) is 7.63. The average molecular weight is 333 g/mol. The van der Waals surface area contributed by atoms with E-state index in [0.29, 0.717) is 35.9 Å². The van der Waals surface area contributed by atoms with Gasteiger partial charge in [0.2, 0.25) is 5.82 Å². The fraction of sp³-hybridized carbons (Fsp3) is 0.529. The topological polar surface area (TPSA) is 92.6 Å². The fourth-order valence-electron chi connectivity index (χ4n) is 2.86. The van der Waals surface area contributed by atoms with E-state index in [1.807, 2.05) is 18.2 Å². The zero-order valence-electron chi connectivity index (χ0n) is 14.0. The molecule has 1 aliphatic carbocycles. The maximum absolute atomic E-state index is 5.90. The third-order valence-electron chi connectivity index (χ3n) is 4.28. The van der Waals surface area contributed by atoms with Gasteiger partial charge < -0.3 is 24.5 Å². The normalized spacial score (nSPS) is 20.8. The van der Waals surface area contributed by atoms with Crippen molar-refractivity contribution in [1.29, 1.82) is 0 Å². The smallest absolute Gasteiger partial charge is 0.252 e. The van der Waals surface area contributed by atoms with Crippen LogP contribution in [0.3, 0.4) is 0 Å². The Balaban J connectivity index is 1.67. The highest BCUT2D eigenvalue weighted by molar-refractivity contribution is 5.65. The van der Waals surface area contributed by atoms with E-state index >= 15 is 0 Å². The molecule has 1 aromatic heterocycles. The van der Waals surface area contributed by atoms with Crippen molar-refractivity contribution in [2.24, 2.45) is 5.73 Å². The molecule has 1 aromatic carbocycles. The van der Waals surface area contributed by atoms with Crippen LogP contribution in [0.1, 0.15) is 31.6 Å². The van der Waals surface area contributed by atoms with Crippen molar-refractivity contribution in [1.82, 2.24) is 10.1 Å². The van der Waals surface area contributed by atoms with E-state index in [9.17, 15) is 0 Å². The first kappa shape index (κ1) is 16.7. The van der Waals surface area contributed by atoms with Gasteiger partial charge in [-0.3, -0.25) is 0 Å². The van der Waals surface area contributed by atoms with Gasteiger partial charge in [-0.05, 0) is 43.9 Å². The maximum Gasteiger partial charge on any atom is 0.252 e. The van der Waals surface area contributed by atoms with Gasteiger partial charge in [-0.15, -0.1) is 0 Å². The Morgan fingerprint density at radius 1 is 1.17 bits per heavy atom. The Kier molecular flexibility index (Phi) is 5.32. The van der Waals surface area contributed by atoms with Crippen molar-refractivity contribution < 1.29 is 18.7 Å². The number of aromatic nitrogens is 2. The highest BCUT2D eigenvalue weighted by Gasteiger charge is 2.20. The summed E-state index contributed by atoms with van der Waals surface area (Å²) in [5.41, 5.74) is 6.62. The van der Waals surface area contributed by atoms with Crippen LogP contribution in [0.2, 0.25) is 0 Å². The summed E-state index contributed by atoms with van der Waals surface area (Å²) in [4.78, 5) is 4.40. The van der Waals surface area contributed by atoms with Crippen molar-refractivity contribution in [2.75, 3.05) is 14.2 Å². The maximum atomic E-state index is 5.90. The van der Waals surface area contributed by atoms with Crippen LogP contribution >= 0.6 is 0 Å². The molecule has 1 aliphatic rings. The molecule has 1 fully saturated rings. The summed E-state index contributed by atoms with van der Waals surface area (Å²) in [6, 6.07) is 5.75. The summed E-state index contributed by atoms with van der Waals surface area (Å²) < 4.78 is 21.8. The Morgan fingerprint density at radius 2 is 1.96 bits per heavy atom. The molecule has 1 saturated carbocycles. The Labute approximate surface area is 141 Å². The first-order valence-corrected chi connectivity index (χ1v) is 8.11. The summed E-state index contributed by atoms with van der Waals surface area (Å²) in [6.45, 7) is 0.305. The van der Waals surface area contributed by atoms with Crippen molar-refractivity contribution in [3.63, 3.8) is 0 Å². The number of ether oxygens (including phenoxy) is 3. The molecule has 3 rings (SSSR count). The van der Waals surface area contributed by atoms with Crippen molar-refractivity contribution in [3.8, 4) is 22.9 Å². The molecule has 130 valence electrons. The van der Waals surface area contributed by atoms with Crippen LogP contribution in [0.25, 0.3) is 11.4 Å². The van der Waals surface area contributed by atoms with Gasteiger partial charge in [0.05, 0.1) is 25.9 Å². The molecular weight excluding hydrogens is 310 g/mol. The Hall–Kier alpha value is -2.12. The van der Waals surface area contributed by atoms with Crippen LogP contribution < -0.4 is 15.2 Å². The summed E-state index contributed by atoms with van der Waals surface area (Å²) in [7, 11) is 3.21. The van der Waals surface area contributed by atoms with Crippen LogP contribution in [0.15, 0.2) is 22.7 Å². The van der Waals surface area contributed by atoms with E-state index in [2.05, 4.69) is 10.1 Å². The lowest BCUT2D eigenvalue weighted by molar-refractivity contribution is 0.00192. The third-order valence-corrected chi connectivity index (χ3v) is 4.28. The number of hydrogen-bond acceptors (Lipinski definition) is 7. The molecular formula is C17H23N3O4. The molecule has 7 heteroatoms. The van der Waals surface area contributed by atoms with Crippen molar-refractivity contribution >= 4 is 0 Å². The van der Waals surface area contributed by atoms with E-state index in [4.69, 9.17) is 24.5 Å². The SMILES string of the molecule is COc1ccc(OC)c(-c2noc(COC3CCC(N)CC3)n2)c1. The number of nitrogens with zero attached hydrogens (tertiary/aromatic N) is 2. The minimum atomic E-state index is 0.214. The molecule has 0 spiro atoms. The standard InChI is InChI=1S/C17H23N3O4/c1-21-13-7-8-15(22-2)14(9-13)17-19-16(24-20-17)10-23-12-5-3-11(18)4-6-12/h7-9,11-12H,3-6,10,18H2,1-2H3. The van der Waals surface area contributed by atoms with Crippen LogP contribution in [0.4, 0.5) is 0 Å². The Morgan fingerprint density at radius 3 is 2.67 bits per heavy atom. The zero-order chi connectivity index (χ0) is 16.9.